The Hall–Kier alpha value is -1.47. The molecule has 6 heteroatoms. The van der Waals surface area contributed by atoms with Gasteiger partial charge in [-0.05, 0) is 64.2 Å². The van der Waals surface area contributed by atoms with E-state index >= 15 is 0 Å². The zero-order valence-electron chi connectivity index (χ0n) is 49.9. The Kier molecular flexibility index (Phi) is 61.1. The molecule has 0 fully saturated rings. The molecule has 0 aromatic rings. The normalized spacial score (nSPS) is 13.8. The van der Waals surface area contributed by atoms with Gasteiger partial charge in [0.25, 0.3) is 0 Å². The molecular weight excluding hydrogens is 911 g/mol. The van der Waals surface area contributed by atoms with Crippen LogP contribution in [0.4, 0.5) is 0 Å². The first kappa shape index (κ1) is 72.5. The molecule has 0 aromatic carbocycles. The predicted molar refractivity (Wildman–Crippen MR) is 325 cm³/mol. The molecule has 0 aliphatic rings. The van der Waals surface area contributed by atoms with E-state index in [-0.39, 0.29) is 0 Å². The SMILES string of the molecule is CCCCCCCCCCCCCCCCC/C=C/CC/C=C/CC/C=C/CCCC(O)C(O)C(CO)NC(=O)C(O)CCCCCCCCCCCCCCCCCCCCCCCCCCCCCCCC. The molecule has 74 heavy (non-hydrogen) atoms. The highest BCUT2D eigenvalue weighted by Crippen LogP contribution is 2.19. The average molecular weight is 1040 g/mol. The number of allylic oxidation sites excluding steroid dienone is 6. The van der Waals surface area contributed by atoms with E-state index in [1.807, 2.05) is 0 Å². The van der Waals surface area contributed by atoms with Crippen molar-refractivity contribution in [3.63, 3.8) is 0 Å². The first-order valence-electron chi connectivity index (χ1n) is 33.4. The van der Waals surface area contributed by atoms with E-state index in [0.29, 0.717) is 19.3 Å². The topological polar surface area (TPSA) is 110 Å². The van der Waals surface area contributed by atoms with E-state index in [4.69, 9.17) is 0 Å². The quantitative estimate of drug-likeness (QED) is 0.0308. The van der Waals surface area contributed by atoms with Crippen molar-refractivity contribution in [3.05, 3.63) is 36.5 Å². The molecule has 0 aliphatic heterocycles. The molecule has 0 rings (SSSR count). The molecule has 0 aromatic heterocycles. The molecule has 0 aliphatic carbocycles. The van der Waals surface area contributed by atoms with Crippen LogP contribution in [0.2, 0.25) is 0 Å². The number of carbonyl (C=O) groups is 1. The summed E-state index contributed by atoms with van der Waals surface area (Å²) in [7, 11) is 0. The van der Waals surface area contributed by atoms with Gasteiger partial charge in [0, 0.05) is 0 Å². The second-order valence-corrected chi connectivity index (χ2v) is 23.2. The van der Waals surface area contributed by atoms with Crippen molar-refractivity contribution in [1.82, 2.24) is 5.32 Å². The van der Waals surface area contributed by atoms with Crippen LogP contribution in [-0.2, 0) is 4.79 Å². The number of nitrogens with one attached hydrogen (secondary N) is 1. The van der Waals surface area contributed by atoms with Crippen molar-refractivity contribution in [2.24, 2.45) is 0 Å². The van der Waals surface area contributed by atoms with Gasteiger partial charge in [0.2, 0.25) is 5.91 Å². The molecule has 6 nitrogen and oxygen atoms in total. The van der Waals surface area contributed by atoms with Crippen LogP contribution in [0.3, 0.4) is 0 Å². The Morgan fingerprint density at radius 3 is 0.851 bits per heavy atom. The summed E-state index contributed by atoms with van der Waals surface area (Å²) in [5.74, 6) is -0.593. The largest absolute Gasteiger partial charge is 0.394 e. The number of rotatable bonds is 62. The van der Waals surface area contributed by atoms with Gasteiger partial charge in [-0.3, -0.25) is 4.79 Å². The minimum absolute atomic E-state index is 0.362. The maximum Gasteiger partial charge on any atom is 0.249 e. The van der Waals surface area contributed by atoms with Gasteiger partial charge in [-0.1, -0.05) is 333 Å². The standard InChI is InChI=1S/C68H131NO5/c1-3-5-7-9-11-13-15-17-19-21-23-25-27-29-31-33-34-36-38-40-42-44-46-48-50-52-54-56-58-60-62-66(72)68(74)69-64(63-70)67(73)65(71)61-59-57-55-53-51-49-47-45-43-41-39-37-35-32-30-28-26-24-22-20-18-16-14-12-10-8-6-4-2/h37,39,45,47,53,55,64-67,70-73H,3-36,38,40-44,46,48-52,54,56-63H2,1-2H3,(H,69,74)/b39-37+,47-45+,55-53+. The first-order valence-corrected chi connectivity index (χ1v) is 33.4. The average Bonchev–Trinajstić information content (AvgIpc) is 3.41. The summed E-state index contributed by atoms with van der Waals surface area (Å²) in [5, 5.41) is 44.1. The highest BCUT2D eigenvalue weighted by molar-refractivity contribution is 5.80. The minimum atomic E-state index is -1.29. The van der Waals surface area contributed by atoms with E-state index in [2.05, 4.69) is 55.6 Å². The summed E-state index contributed by atoms with van der Waals surface area (Å²) < 4.78 is 0. The molecule has 5 N–H and O–H groups in total. The third-order valence-corrected chi connectivity index (χ3v) is 15.8. The fourth-order valence-electron chi connectivity index (χ4n) is 10.6. The number of aliphatic hydroxyl groups excluding tert-OH is 4. The van der Waals surface area contributed by atoms with Crippen molar-refractivity contribution >= 4 is 5.91 Å². The van der Waals surface area contributed by atoms with Crippen molar-refractivity contribution in [3.8, 4) is 0 Å². The lowest BCUT2D eigenvalue weighted by molar-refractivity contribution is -0.132. The zero-order valence-corrected chi connectivity index (χ0v) is 49.9. The van der Waals surface area contributed by atoms with E-state index in [1.54, 1.807) is 0 Å². The van der Waals surface area contributed by atoms with Crippen LogP contribution in [0.15, 0.2) is 36.5 Å². The molecule has 0 heterocycles. The monoisotopic (exact) mass is 1040 g/mol. The Morgan fingerprint density at radius 2 is 0.568 bits per heavy atom. The first-order chi connectivity index (χ1) is 36.5. The van der Waals surface area contributed by atoms with E-state index in [1.165, 1.54) is 276 Å². The van der Waals surface area contributed by atoms with Gasteiger partial charge in [0.1, 0.15) is 12.2 Å². The van der Waals surface area contributed by atoms with Crippen LogP contribution in [0, 0.1) is 0 Å². The van der Waals surface area contributed by atoms with Crippen molar-refractivity contribution in [2.75, 3.05) is 6.61 Å². The maximum absolute atomic E-state index is 12.6. The van der Waals surface area contributed by atoms with E-state index < -0.39 is 36.9 Å². The number of hydrogen-bond acceptors (Lipinski definition) is 5. The second kappa shape index (κ2) is 62.4. The number of carbonyl (C=O) groups excluding carboxylic acids is 1. The zero-order chi connectivity index (χ0) is 53.7. The summed E-state index contributed by atoms with van der Waals surface area (Å²) in [6, 6.07) is -1.01. The Labute approximate surface area is 462 Å². The molecular formula is C68H131NO5. The second-order valence-electron chi connectivity index (χ2n) is 23.2. The van der Waals surface area contributed by atoms with Crippen LogP contribution < -0.4 is 5.32 Å². The van der Waals surface area contributed by atoms with Gasteiger partial charge in [0.05, 0.1) is 18.8 Å². The molecule has 0 spiro atoms. The molecule has 0 radical (unpaired) electrons. The lowest BCUT2D eigenvalue weighted by Crippen LogP contribution is -2.53. The van der Waals surface area contributed by atoms with Crippen LogP contribution in [-0.4, -0.2) is 57.3 Å². The lowest BCUT2D eigenvalue weighted by atomic mass is 10.00. The number of unbranched alkanes of at least 4 members (excludes halogenated alkanes) is 47. The number of aliphatic hydroxyl groups is 4. The molecule has 438 valence electrons. The Balaban J connectivity index is 3.61. The van der Waals surface area contributed by atoms with Crippen LogP contribution >= 0.6 is 0 Å². The lowest BCUT2D eigenvalue weighted by Gasteiger charge is -2.27. The third-order valence-electron chi connectivity index (χ3n) is 15.8. The Morgan fingerprint density at radius 1 is 0.324 bits per heavy atom. The van der Waals surface area contributed by atoms with E-state index in [0.717, 1.165) is 51.4 Å². The van der Waals surface area contributed by atoms with Crippen molar-refractivity contribution in [2.45, 2.75) is 385 Å². The van der Waals surface area contributed by atoms with Gasteiger partial charge in [-0.2, -0.15) is 0 Å². The molecule has 0 saturated heterocycles. The maximum atomic E-state index is 12.6. The van der Waals surface area contributed by atoms with E-state index in [9.17, 15) is 25.2 Å². The molecule has 1 amide bonds. The fourth-order valence-corrected chi connectivity index (χ4v) is 10.6. The van der Waals surface area contributed by atoms with Gasteiger partial charge in [0.15, 0.2) is 0 Å². The fraction of sp³-hybridized carbons (Fsp3) is 0.897. The summed E-state index contributed by atoms with van der Waals surface area (Å²) >= 11 is 0. The molecule has 0 bridgehead atoms. The number of amides is 1. The third kappa shape index (κ3) is 55.3. The van der Waals surface area contributed by atoms with Crippen LogP contribution in [0.1, 0.15) is 361 Å². The van der Waals surface area contributed by atoms with Crippen LogP contribution in [0.25, 0.3) is 0 Å². The van der Waals surface area contributed by atoms with Gasteiger partial charge in [-0.15, -0.1) is 0 Å². The smallest absolute Gasteiger partial charge is 0.249 e. The van der Waals surface area contributed by atoms with Crippen molar-refractivity contribution < 1.29 is 25.2 Å². The summed E-state index contributed by atoms with van der Waals surface area (Å²) in [6.45, 7) is 4.09. The summed E-state index contributed by atoms with van der Waals surface area (Å²) in [5.41, 5.74) is 0. The molecule has 0 saturated carbocycles. The van der Waals surface area contributed by atoms with Gasteiger partial charge >= 0.3 is 0 Å². The van der Waals surface area contributed by atoms with Gasteiger partial charge in [-0.25, -0.2) is 0 Å². The minimum Gasteiger partial charge on any atom is -0.394 e. The molecule has 4 unspecified atom stereocenters. The predicted octanol–water partition coefficient (Wildman–Crippen LogP) is 20.3. The number of hydrogen-bond donors (Lipinski definition) is 5. The van der Waals surface area contributed by atoms with Gasteiger partial charge < -0.3 is 25.7 Å². The van der Waals surface area contributed by atoms with Crippen molar-refractivity contribution in [1.29, 1.82) is 0 Å². The summed E-state index contributed by atoms with van der Waals surface area (Å²) in [4.78, 5) is 12.6. The highest BCUT2D eigenvalue weighted by atomic mass is 16.3. The summed E-state index contributed by atoms with van der Waals surface area (Å²) in [6.07, 6.45) is 79.8. The Bertz CT molecular complexity index is 1170. The highest BCUT2D eigenvalue weighted by Gasteiger charge is 2.28. The molecule has 4 atom stereocenters. The van der Waals surface area contributed by atoms with Crippen LogP contribution in [0.5, 0.6) is 0 Å².